The third-order valence-electron chi connectivity index (χ3n) is 2.81. The highest BCUT2D eigenvalue weighted by atomic mass is 32.1. The summed E-state index contributed by atoms with van der Waals surface area (Å²) < 4.78 is 5.13. The summed E-state index contributed by atoms with van der Waals surface area (Å²) in [5, 5.41) is 2.55. The molecule has 1 aromatic rings. The Morgan fingerprint density at radius 3 is 2.41 bits per heavy atom. The van der Waals surface area contributed by atoms with Crippen LogP contribution in [0.25, 0.3) is 6.08 Å². The number of carbonyl (C=O) groups is 1. The lowest BCUT2D eigenvalue weighted by Gasteiger charge is -2.06. The molecule has 0 aromatic heterocycles. The van der Waals surface area contributed by atoms with Gasteiger partial charge in [-0.15, -0.1) is 0 Å². The first kappa shape index (κ1) is 11.8. The van der Waals surface area contributed by atoms with Crippen LogP contribution in [0, 0.1) is 20.8 Å². The molecule has 2 rings (SSSR count). The number of amides is 1. The fourth-order valence-electron chi connectivity index (χ4n) is 1.70. The van der Waals surface area contributed by atoms with Crippen LogP contribution in [0.5, 0.6) is 0 Å². The van der Waals surface area contributed by atoms with E-state index in [9.17, 15) is 4.79 Å². The predicted octanol–water partition coefficient (Wildman–Crippen LogP) is 2.38. The molecule has 17 heavy (non-hydrogen) atoms. The number of rotatable bonds is 1. The van der Waals surface area contributed by atoms with Gasteiger partial charge in [0.15, 0.2) is 5.76 Å². The van der Waals surface area contributed by atoms with Crippen LogP contribution < -0.4 is 5.32 Å². The summed E-state index contributed by atoms with van der Waals surface area (Å²) in [6, 6.07) is 4.13. The Hall–Kier alpha value is -1.68. The Morgan fingerprint density at radius 1 is 1.18 bits per heavy atom. The Bertz CT molecular complexity index is 547. The summed E-state index contributed by atoms with van der Waals surface area (Å²) in [5.74, 6) is -0.0334. The van der Waals surface area contributed by atoms with Crippen molar-refractivity contribution in [1.82, 2.24) is 5.32 Å². The second kappa shape index (κ2) is 4.30. The first-order valence-corrected chi connectivity index (χ1v) is 5.71. The number of ether oxygens (including phenoxy) is 1. The summed E-state index contributed by atoms with van der Waals surface area (Å²) in [6.07, 6.45) is 1.72. The predicted molar refractivity (Wildman–Crippen MR) is 70.5 cm³/mol. The second-order valence-corrected chi connectivity index (χ2v) is 4.52. The van der Waals surface area contributed by atoms with Gasteiger partial charge in [0.05, 0.1) is 0 Å². The van der Waals surface area contributed by atoms with E-state index in [-0.39, 0.29) is 16.8 Å². The lowest BCUT2D eigenvalue weighted by molar-refractivity contribution is -0.116. The number of benzene rings is 1. The van der Waals surface area contributed by atoms with Gasteiger partial charge in [0, 0.05) is 0 Å². The summed E-state index contributed by atoms with van der Waals surface area (Å²) in [7, 11) is 0. The molecule has 0 radical (unpaired) electrons. The summed E-state index contributed by atoms with van der Waals surface area (Å²) in [6.45, 7) is 6.11. The van der Waals surface area contributed by atoms with Crippen molar-refractivity contribution in [3.63, 3.8) is 0 Å². The number of hydrogen-bond acceptors (Lipinski definition) is 3. The molecule has 1 amide bonds. The van der Waals surface area contributed by atoms with Gasteiger partial charge in [0.25, 0.3) is 11.1 Å². The van der Waals surface area contributed by atoms with Crippen LogP contribution in [0.15, 0.2) is 17.9 Å². The molecule has 0 aliphatic carbocycles. The SMILES string of the molecule is Cc1cc(C)c(/C=C2\OC(=S)NC2=O)cc1C. The van der Waals surface area contributed by atoms with Gasteiger partial charge in [-0.25, -0.2) is 0 Å². The highest BCUT2D eigenvalue weighted by Crippen LogP contribution is 2.20. The van der Waals surface area contributed by atoms with Crippen molar-refractivity contribution in [1.29, 1.82) is 0 Å². The van der Waals surface area contributed by atoms with Crippen LogP contribution in [0.4, 0.5) is 0 Å². The number of carbonyl (C=O) groups excluding carboxylic acids is 1. The van der Waals surface area contributed by atoms with Crippen LogP contribution in [-0.2, 0) is 9.53 Å². The normalized spacial score (nSPS) is 17.2. The average Bonchev–Trinajstić information content (AvgIpc) is 2.54. The Labute approximate surface area is 105 Å². The largest absolute Gasteiger partial charge is 0.426 e. The molecular weight excluding hydrogens is 234 g/mol. The lowest BCUT2D eigenvalue weighted by atomic mass is 10.0. The van der Waals surface area contributed by atoms with E-state index in [1.807, 2.05) is 19.9 Å². The topological polar surface area (TPSA) is 38.3 Å². The van der Waals surface area contributed by atoms with Crippen molar-refractivity contribution in [2.45, 2.75) is 20.8 Å². The fraction of sp³-hybridized carbons (Fsp3) is 0.231. The monoisotopic (exact) mass is 247 g/mol. The van der Waals surface area contributed by atoms with Crippen molar-refractivity contribution in [2.24, 2.45) is 0 Å². The Balaban J connectivity index is 2.42. The fourth-order valence-corrected chi connectivity index (χ4v) is 1.88. The number of hydrogen-bond donors (Lipinski definition) is 1. The van der Waals surface area contributed by atoms with E-state index in [2.05, 4.69) is 18.3 Å². The van der Waals surface area contributed by atoms with Gasteiger partial charge in [0.1, 0.15) is 0 Å². The van der Waals surface area contributed by atoms with Crippen LogP contribution in [0.2, 0.25) is 0 Å². The van der Waals surface area contributed by atoms with Crippen molar-refractivity contribution < 1.29 is 9.53 Å². The summed E-state index contributed by atoms with van der Waals surface area (Å²) in [4.78, 5) is 11.5. The molecule has 0 atom stereocenters. The number of aryl methyl sites for hydroxylation is 3. The van der Waals surface area contributed by atoms with E-state index in [0.29, 0.717) is 0 Å². The molecule has 1 aromatic carbocycles. The van der Waals surface area contributed by atoms with Crippen molar-refractivity contribution in [3.05, 3.63) is 40.1 Å². The van der Waals surface area contributed by atoms with Gasteiger partial charge < -0.3 is 4.74 Å². The molecule has 1 aliphatic rings. The zero-order valence-corrected chi connectivity index (χ0v) is 10.8. The second-order valence-electron chi connectivity index (χ2n) is 4.15. The Kier molecular flexibility index (Phi) is 2.98. The molecule has 3 nitrogen and oxygen atoms in total. The molecule has 1 heterocycles. The number of thiocarbonyl (C=S) groups is 1. The molecule has 0 bridgehead atoms. The standard InChI is InChI=1S/C13H13NO2S/c1-7-4-9(3)10(5-8(7)2)6-11-12(15)14-13(17)16-11/h4-6H,1-3H3,(H,14,15,17)/b11-6-. The van der Waals surface area contributed by atoms with Gasteiger partial charge >= 0.3 is 0 Å². The van der Waals surface area contributed by atoms with Crippen LogP contribution >= 0.6 is 12.2 Å². The first-order valence-electron chi connectivity index (χ1n) is 5.30. The van der Waals surface area contributed by atoms with Crippen LogP contribution in [-0.4, -0.2) is 11.1 Å². The van der Waals surface area contributed by atoms with E-state index in [1.165, 1.54) is 11.1 Å². The molecule has 1 saturated heterocycles. The highest BCUT2D eigenvalue weighted by Gasteiger charge is 2.23. The zero-order chi connectivity index (χ0) is 12.6. The van der Waals surface area contributed by atoms with Gasteiger partial charge in [-0.1, -0.05) is 12.1 Å². The average molecular weight is 247 g/mol. The third-order valence-corrected chi connectivity index (χ3v) is 3.00. The first-order chi connectivity index (χ1) is 7.97. The molecule has 1 fully saturated rings. The smallest absolute Gasteiger partial charge is 0.294 e. The zero-order valence-electron chi connectivity index (χ0n) is 9.96. The highest BCUT2D eigenvalue weighted by molar-refractivity contribution is 7.80. The van der Waals surface area contributed by atoms with Crippen LogP contribution in [0.1, 0.15) is 22.3 Å². The minimum Gasteiger partial charge on any atom is -0.426 e. The van der Waals surface area contributed by atoms with Gasteiger partial charge in [0.2, 0.25) is 0 Å². The van der Waals surface area contributed by atoms with Gasteiger partial charge in [-0.3, -0.25) is 10.1 Å². The quantitative estimate of drug-likeness (QED) is 0.611. The molecule has 0 unspecified atom stereocenters. The molecule has 0 saturated carbocycles. The molecular formula is C13H13NO2S. The summed E-state index contributed by atoms with van der Waals surface area (Å²) >= 11 is 4.77. The third kappa shape index (κ3) is 2.36. The van der Waals surface area contributed by atoms with Crippen molar-refractivity contribution >= 4 is 29.4 Å². The van der Waals surface area contributed by atoms with Crippen LogP contribution in [0.3, 0.4) is 0 Å². The molecule has 1 N–H and O–H groups in total. The maximum absolute atomic E-state index is 11.5. The lowest BCUT2D eigenvalue weighted by Crippen LogP contribution is -2.18. The van der Waals surface area contributed by atoms with Gasteiger partial charge in [-0.05, 0) is 61.3 Å². The molecule has 0 spiro atoms. The molecule has 1 aliphatic heterocycles. The van der Waals surface area contributed by atoms with Crippen molar-refractivity contribution in [3.8, 4) is 0 Å². The van der Waals surface area contributed by atoms with E-state index in [1.54, 1.807) is 6.08 Å². The summed E-state index contributed by atoms with van der Waals surface area (Å²) in [5.41, 5.74) is 4.50. The van der Waals surface area contributed by atoms with Gasteiger partial charge in [-0.2, -0.15) is 0 Å². The Morgan fingerprint density at radius 2 is 1.82 bits per heavy atom. The maximum Gasteiger partial charge on any atom is 0.294 e. The van der Waals surface area contributed by atoms with E-state index in [0.717, 1.165) is 11.1 Å². The number of nitrogens with one attached hydrogen (secondary N) is 1. The van der Waals surface area contributed by atoms with E-state index < -0.39 is 0 Å². The minimum atomic E-state index is -0.285. The maximum atomic E-state index is 11.5. The van der Waals surface area contributed by atoms with E-state index in [4.69, 9.17) is 17.0 Å². The van der Waals surface area contributed by atoms with Crippen molar-refractivity contribution in [2.75, 3.05) is 0 Å². The minimum absolute atomic E-state index is 0.114. The van der Waals surface area contributed by atoms with E-state index >= 15 is 0 Å². The molecule has 4 heteroatoms. The molecule has 88 valence electrons.